The van der Waals surface area contributed by atoms with E-state index in [1.54, 1.807) is 12.1 Å². The van der Waals surface area contributed by atoms with E-state index >= 15 is 0 Å². The van der Waals surface area contributed by atoms with Gasteiger partial charge in [-0.2, -0.15) is 0 Å². The van der Waals surface area contributed by atoms with E-state index in [-0.39, 0.29) is 17.9 Å². The molecule has 0 unspecified atom stereocenters. The molecule has 5 heteroatoms. The maximum Gasteiger partial charge on any atom is 0.322 e. The summed E-state index contributed by atoms with van der Waals surface area (Å²) in [5.41, 5.74) is 1.72. The molecule has 1 aliphatic rings. The molecule has 0 aromatic heterocycles. The highest BCUT2D eigenvalue weighted by molar-refractivity contribution is 5.89. The topological polar surface area (TPSA) is 35.6 Å². The Kier molecular flexibility index (Phi) is 4.57. The molecular weight excluding hydrogens is 293 g/mol. The zero-order chi connectivity index (χ0) is 16.2. The van der Waals surface area contributed by atoms with Crippen LogP contribution >= 0.6 is 0 Å². The van der Waals surface area contributed by atoms with Crippen LogP contribution in [-0.2, 0) is 0 Å². The number of hydrogen-bond donors (Lipinski definition) is 1. The molecule has 0 aliphatic carbocycles. The Morgan fingerprint density at radius 2 is 1.78 bits per heavy atom. The fourth-order valence-electron chi connectivity index (χ4n) is 2.85. The molecule has 1 heterocycles. The predicted octanol–water partition coefficient (Wildman–Crippen LogP) is 3.35. The van der Waals surface area contributed by atoms with Gasteiger partial charge in [-0.1, -0.05) is 30.3 Å². The van der Waals surface area contributed by atoms with E-state index in [4.69, 9.17) is 0 Å². The number of likely N-dealkylation sites (N-methyl/N-ethyl adjacent to an activating group) is 1. The number of nitrogens with zero attached hydrogens (tertiary/aromatic N) is 2. The first kappa shape index (κ1) is 15.5. The van der Waals surface area contributed by atoms with Crippen molar-refractivity contribution < 1.29 is 9.18 Å². The number of urea groups is 1. The van der Waals surface area contributed by atoms with Gasteiger partial charge in [0, 0.05) is 25.3 Å². The lowest BCUT2D eigenvalue weighted by atomic mass is 10.0. The van der Waals surface area contributed by atoms with Gasteiger partial charge in [0.15, 0.2) is 0 Å². The van der Waals surface area contributed by atoms with Crippen LogP contribution in [0.3, 0.4) is 0 Å². The molecule has 2 amide bonds. The highest BCUT2D eigenvalue weighted by Crippen LogP contribution is 2.25. The Labute approximate surface area is 135 Å². The largest absolute Gasteiger partial charge is 0.322 e. The van der Waals surface area contributed by atoms with Gasteiger partial charge in [-0.15, -0.1) is 0 Å². The first-order chi connectivity index (χ1) is 11.1. The van der Waals surface area contributed by atoms with Gasteiger partial charge in [0.2, 0.25) is 0 Å². The van der Waals surface area contributed by atoms with Gasteiger partial charge >= 0.3 is 6.03 Å². The molecule has 120 valence electrons. The molecule has 0 saturated carbocycles. The molecule has 0 radical (unpaired) electrons. The molecule has 2 aromatic carbocycles. The van der Waals surface area contributed by atoms with Crippen molar-refractivity contribution in [1.82, 2.24) is 9.80 Å². The van der Waals surface area contributed by atoms with Crippen molar-refractivity contribution in [2.24, 2.45) is 0 Å². The lowest BCUT2D eigenvalue weighted by Gasteiger charge is -2.40. The van der Waals surface area contributed by atoms with Crippen LogP contribution in [0.15, 0.2) is 54.6 Å². The minimum absolute atomic E-state index is 0.00963. The summed E-state index contributed by atoms with van der Waals surface area (Å²) in [6, 6.07) is 15.7. The quantitative estimate of drug-likeness (QED) is 0.923. The van der Waals surface area contributed by atoms with E-state index in [0.29, 0.717) is 12.2 Å². The zero-order valence-corrected chi connectivity index (χ0v) is 13.1. The van der Waals surface area contributed by atoms with Crippen molar-refractivity contribution in [1.29, 1.82) is 0 Å². The normalized spacial score (nSPS) is 18.7. The third kappa shape index (κ3) is 3.68. The van der Waals surface area contributed by atoms with E-state index in [1.165, 1.54) is 12.1 Å². The molecule has 3 rings (SSSR count). The van der Waals surface area contributed by atoms with E-state index in [9.17, 15) is 9.18 Å². The van der Waals surface area contributed by atoms with Crippen molar-refractivity contribution in [2.75, 3.05) is 32.0 Å². The van der Waals surface area contributed by atoms with E-state index < -0.39 is 0 Å². The molecule has 23 heavy (non-hydrogen) atoms. The molecule has 1 saturated heterocycles. The van der Waals surface area contributed by atoms with Crippen LogP contribution in [0.25, 0.3) is 0 Å². The molecule has 1 fully saturated rings. The van der Waals surface area contributed by atoms with Crippen LogP contribution in [0.4, 0.5) is 14.9 Å². The Morgan fingerprint density at radius 1 is 1.09 bits per heavy atom. The summed E-state index contributed by atoms with van der Waals surface area (Å²) < 4.78 is 13.0. The van der Waals surface area contributed by atoms with Crippen LogP contribution in [0.2, 0.25) is 0 Å². The highest BCUT2D eigenvalue weighted by atomic mass is 19.1. The van der Waals surface area contributed by atoms with Crippen LogP contribution < -0.4 is 5.32 Å². The zero-order valence-electron chi connectivity index (χ0n) is 13.1. The second-order valence-electron chi connectivity index (χ2n) is 5.82. The van der Waals surface area contributed by atoms with Crippen molar-refractivity contribution >= 4 is 11.7 Å². The summed E-state index contributed by atoms with van der Waals surface area (Å²) in [5.74, 6) is -0.315. The second-order valence-corrected chi connectivity index (χ2v) is 5.82. The first-order valence-corrected chi connectivity index (χ1v) is 7.70. The minimum Gasteiger partial charge on any atom is -0.315 e. The number of amides is 2. The number of halogens is 1. The molecule has 4 nitrogen and oxygen atoms in total. The summed E-state index contributed by atoms with van der Waals surface area (Å²) in [6.45, 7) is 2.28. The molecule has 1 atom stereocenters. The summed E-state index contributed by atoms with van der Waals surface area (Å²) in [7, 11) is 2.06. The van der Waals surface area contributed by atoms with Crippen LogP contribution in [0.1, 0.15) is 11.6 Å². The third-order valence-electron chi connectivity index (χ3n) is 4.12. The molecule has 1 aliphatic heterocycles. The fraction of sp³-hybridized carbons (Fsp3) is 0.278. The third-order valence-corrected chi connectivity index (χ3v) is 4.12. The average molecular weight is 313 g/mol. The van der Waals surface area contributed by atoms with Gasteiger partial charge in [-0.25, -0.2) is 9.18 Å². The monoisotopic (exact) mass is 313 g/mol. The van der Waals surface area contributed by atoms with E-state index in [1.807, 2.05) is 35.2 Å². The van der Waals surface area contributed by atoms with Crippen LogP contribution in [0, 0.1) is 5.82 Å². The Bertz CT molecular complexity index is 660. The number of benzene rings is 2. The predicted molar refractivity (Wildman–Crippen MR) is 88.8 cm³/mol. The van der Waals surface area contributed by atoms with Crippen molar-refractivity contribution in [3.63, 3.8) is 0 Å². The summed E-state index contributed by atoms with van der Waals surface area (Å²) in [5, 5.41) is 2.86. The molecule has 0 spiro atoms. The summed E-state index contributed by atoms with van der Waals surface area (Å²) in [4.78, 5) is 16.7. The minimum atomic E-state index is -0.315. The standard InChI is InChI=1S/C18H20FN3O/c1-21-11-12-22(17(13-21)14-5-3-2-4-6-14)18(23)20-16-9-7-15(19)8-10-16/h2-10,17H,11-13H2,1H3,(H,20,23)/t17-/m1/s1. The SMILES string of the molecule is CN1CCN(C(=O)Nc2ccc(F)cc2)[C@@H](c2ccccc2)C1. The Balaban J connectivity index is 1.78. The maximum absolute atomic E-state index is 13.0. The van der Waals surface area contributed by atoms with E-state index in [2.05, 4.69) is 17.3 Å². The van der Waals surface area contributed by atoms with Crippen LogP contribution in [0.5, 0.6) is 0 Å². The Hall–Kier alpha value is -2.40. The number of carbonyl (C=O) groups is 1. The van der Waals surface area contributed by atoms with Gasteiger partial charge in [0.25, 0.3) is 0 Å². The maximum atomic E-state index is 13.0. The smallest absolute Gasteiger partial charge is 0.315 e. The number of carbonyl (C=O) groups excluding carboxylic acids is 1. The number of anilines is 1. The lowest BCUT2D eigenvalue weighted by Crippen LogP contribution is -2.50. The molecule has 0 bridgehead atoms. The second kappa shape index (κ2) is 6.79. The van der Waals surface area contributed by atoms with Gasteiger partial charge in [-0.05, 0) is 36.9 Å². The van der Waals surface area contributed by atoms with Crippen molar-refractivity contribution in [3.05, 3.63) is 66.0 Å². The summed E-state index contributed by atoms with van der Waals surface area (Å²) >= 11 is 0. The number of nitrogens with one attached hydrogen (secondary N) is 1. The van der Waals surface area contributed by atoms with Crippen molar-refractivity contribution in [3.8, 4) is 0 Å². The molecular formula is C18H20FN3O. The van der Waals surface area contributed by atoms with Crippen LogP contribution in [-0.4, -0.2) is 42.5 Å². The number of piperazine rings is 1. The van der Waals surface area contributed by atoms with E-state index in [0.717, 1.165) is 18.7 Å². The number of rotatable bonds is 2. The van der Waals surface area contributed by atoms with Gasteiger partial charge in [0.05, 0.1) is 6.04 Å². The number of hydrogen-bond acceptors (Lipinski definition) is 2. The summed E-state index contributed by atoms with van der Waals surface area (Å²) in [6.07, 6.45) is 0. The van der Waals surface area contributed by atoms with Gasteiger partial charge < -0.3 is 15.1 Å². The fourth-order valence-corrected chi connectivity index (χ4v) is 2.85. The first-order valence-electron chi connectivity index (χ1n) is 7.70. The Morgan fingerprint density at radius 3 is 2.48 bits per heavy atom. The highest BCUT2D eigenvalue weighted by Gasteiger charge is 2.30. The lowest BCUT2D eigenvalue weighted by molar-refractivity contribution is 0.116. The van der Waals surface area contributed by atoms with Gasteiger partial charge in [0.1, 0.15) is 5.82 Å². The molecule has 1 N–H and O–H groups in total. The van der Waals surface area contributed by atoms with Crippen molar-refractivity contribution in [2.45, 2.75) is 6.04 Å². The van der Waals surface area contributed by atoms with Gasteiger partial charge in [-0.3, -0.25) is 0 Å². The average Bonchev–Trinajstić information content (AvgIpc) is 2.57. The molecule has 2 aromatic rings.